The number of hydrogen-bond acceptors (Lipinski definition) is 4. The zero-order valence-electron chi connectivity index (χ0n) is 25.4. The van der Waals surface area contributed by atoms with Gasteiger partial charge < -0.3 is 10.6 Å². The van der Waals surface area contributed by atoms with Gasteiger partial charge in [0.25, 0.3) is 5.91 Å². The maximum Gasteiger partial charge on any atom is 0.416 e. The van der Waals surface area contributed by atoms with E-state index in [2.05, 4.69) is 15.9 Å². The first kappa shape index (κ1) is 35.4. The molecule has 2 amide bonds. The largest absolute Gasteiger partial charge is 0.416 e. The van der Waals surface area contributed by atoms with Crippen LogP contribution in [0.1, 0.15) is 47.4 Å². The number of aryl methyl sites for hydroxylation is 1. The maximum absolute atomic E-state index is 14.2. The average Bonchev–Trinajstić information content (AvgIpc) is 3.00. The van der Waals surface area contributed by atoms with Gasteiger partial charge in [0.1, 0.15) is 0 Å². The van der Waals surface area contributed by atoms with E-state index < -0.39 is 23.6 Å². The van der Waals surface area contributed by atoms with Gasteiger partial charge in [0, 0.05) is 62.8 Å². The van der Waals surface area contributed by atoms with Crippen LogP contribution in [0.3, 0.4) is 0 Å². The molecule has 0 saturated carbocycles. The van der Waals surface area contributed by atoms with Crippen LogP contribution in [0.2, 0.25) is 10.0 Å². The van der Waals surface area contributed by atoms with E-state index in [4.69, 9.17) is 33.9 Å². The highest BCUT2D eigenvalue weighted by Gasteiger charge is 2.32. The number of halogens is 6. The van der Waals surface area contributed by atoms with Crippen LogP contribution < -0.4 is 10.6 Å². The molecule has 0 radical (unpaired) electrons. The molecular formula is C34H32BrCl2F3N4O2. The summed E-state index contributed by atoms with van der Waals surface area (Å²) in [6.07, 6.45) is -4.21. The molecular weight excluding hydrogens is 704 g/mol. The fourth-order valence-corrected chi connectivity index (χ4v) is 5.88. The van der Waals surface area contributed by atoms with E-state index in [0.717, 1.165) is 22.2 Å². The molecule has 0 bridgehead atoms. The van der Waals surface area contributed by atoms with E-state index in [1.165, 1.54) is 11.0 Å². The molecule has 0 unspecified atom stereocenters. The monoisotopic (exact) mass is 734 g/mol. The number of hydrogen-bond donors (Lipinski definition) is 1. The summed E-state index contributed by atoms with van der Waals surface area (Å²) in [4.78, 5) is 34.2. The van der Waals surface area contributed by atoms with Crippen LogP contribution in [-0.2, 0) is 23.9 Å². The summed E-state index contributed by atoms with van der Waals surface area (Å²) in [7, 11) is 1.81. The molecule has 0 aliphatic rings. The number of carbonyl (C=O) groups is 2. The molecule has 1 heterocycles. The third-order valence-corrected chi connectivity index (χ3v) is 8.55. The second kappa shape index (κ2) is 15.0. The van der Waals surface area contributed by atoms with Gasteiger partial charge in [-0.2, -0.15) is 13.2 Å². The van der Waals surface area contributed by atoms with Crippen LogP contribution in [0.5, 0.6) is 0 Å². The summed E-state index contributed by atoms with van der Waals surface area (Å²) in [5.74, 6) is -0.927. The van der Waals surface area contributed by atoms with Gasteiger partial charge in [-0.25, -0.2) is 4.98 Å². The molecule has 1 aromatic heterocycles. The van der Waals surface area contributed by atoms with Gasteiger partial charge in [0.2, 0.25) is 5.91 Å². The molecule has 2 N–H and O–H groups in total. The van der Waals surface area contributed by atoms with Gasteiger partial charge in [-0.1, -0.05) is 64.3 Å². The number of benzene rings is 3. The fraction of sp³-hybridized carbons (Fsp3) is 0.265. The van der Waals surface area contributed by atoms with Crippen molar-refractivity contribution in [2.24, 2.45) is 5.73 Å². The van der Waals surface area contributed by atoms with Gasteiger partial charge in [0.15, 0.2) is 0 Å². The predicted octanol–water partition coefficient (Wildman–Crippen LogP) is 9.04. The van der Waals surface area contributed by atoms with Gasteiger partial charge in [0.05, 0.1) is 22.6 Å². The second-order valence-corrected chi connectivity index (χ2v) is 12.5. The Kier molecular flexibility index (Phi) is 11.5. The molecule has 0 saturated heterocycles. The highest BCUT2D eigenvalue weighted by molar-refractivity contribution is 9.10. The number of carbonyl (C=O) groups excluding carboxylic acids is 2. The van der Waals surface area contributed by atoms with E-state index in [-0.39, 0.29) is 37.1 Å². The van der Waals surface area contributed by atoms with Crippen molar-refractivity contribution in [2.45, 2.75) is 39.4 Å². The molecule has 0 aliphatic carbocycles. The number of pyridine rings is 1. The lowest BCUT2D eigenvalue weighted by Gasteiger charge is -2.28. The summed E-state index contributed by atoms with van der Waals surface area (Å²) in [6, 6.07) is 17.7. The Balaban J connectivity index is 1.97. The van der Waals surface area contributed by atoms with Crippen LogP contribution in [-0.4, -0.2) is 41.8 Å². The summed E-state index contributed by atoms with van der Waals surface area (Å²) in [5.41, 5.74) is 8.59. The molecule has 242 valence electrons. The lowest BCUT2D eigenvalue weighted by atomic mass is 9.96. The van der Waals surface area contributed by atoms with Crippen molar-refractivity contribution in [3.63, 3.8) is 0 Å². The summed E-state index contributed by atoms with van der Waals surface area (Å²) >= 11 is 16.4. The summed E-state index contributed by atoms with van der Waals surface area (Å²) < 4.78 is 41.4. The van der Waals surface area contributed by atoms with Crippen molar-refractivity contribution in [1.29, 1.82) is 0 Å². The third-order valence-electron chi connectivity index (χ3n) is 7.47. The Morgan fingerprint density at radius 3 is 2.24 bits per heavy atom. The molecule has 0 atom stereocenters. The number of anilines is 1. The zero-order valence-corrected chi connectivity index (χ0v) is 28.5. The maximum atomic E-state index is 14.2. The predicted molar refractivity (Wildman–Crippen MR) is 181 cm³/mol. The first-order valence-corrected chi connectivity index (χ1v) is 16.0. The Bertz CT molecular complexity index is 1750. The first-order valence-electron chi connectivity index (χ1n) is 14.5. The van der Waals surface area contributed by atoms with E-state index in [1.54, 1.807) is 39.1 Å². The number of nitrogens with two attached hydrogens (primary N) is 1. The van der Waals surface area contributed by atoms with E-state index >= 15 is 0 Å². The number of nitrogens with zero attached hydrogens (tertiary/aromatic N) is 3. The lowest BCUT2D eigenvalue weighted by Crippen LogP contribution is -2.34. The Morgan fingerprint density at radius 1 is 0.957 bits per heavy atom. The van der Waals surface area contributed by atoms with Crippen LogP contribution in [0.15, 0.2) is 71.2 Å². The number of alkyl halides is 3. The van der Waals surface area contributed by atoms with Crippen molar-refractivity contribution in [3.8, 4) is 22.4 Å². The number of aromatic nitrogens is 1. The van der Waals surface area contributed by atoms with Gasteiger partial charge in [-0.3, -0.25) is 14.5 Å². The minimum absolute atomic E-state index is 0.117. The van der Waals surface area contributed by atoms with Crippen molar-refractivity contribution >= 4 is 56.6 Å². The van der Waals surface area contributed by atoms with E-state index in [9.17, 15) is 22.8 Å². The Labute approximate surface area is 284 Å². The molecule has 4 rings (SSSR count). The van der Waals surface area contributed by atoms with E-state index in [1.807, 2.05) is 35.2 Å². The molecule has 6 nitrogen and oxygen atoms in total. The van der Waals surface area contributed by atoms with Gasteiger partial charge >= 0.3 is 6.18 Å². The lowest BCUT2D eigenvalue weighted by molar-refractivity contribution is -0.137. The van der Waals surface area contributed by atoms with E-state index in [0.29, 0.717) is 44.8 Å². The molecule has 4 aromatic rings. The highest BCUT2D eigenvalue weighted by atomic mass is 79.9. The van der Waals surface area contributed by atoms with Crippen LogP contribution in [0.4, 0.5) is 18.9 Å². The molecule has 12 heteroatoms. The van der Waals surface area contributed by atoms with Crippen molar-refractivity contribution < 1.29 is 22.8 Å². The Morgan fingerprint density at radius 2 is 1.65 bits per heavy atom. The Hall–Kier alpha value is -3.44. The number of rotatable bonds is 11. The SMILES string of the molecule is CCc1cc(C(F)(F)F)ccc1C(=O)N(CC)c1cc(-c2ccc(Cl)cc2Cl)c(-c2ccc(Br)cc2)nc1CN(C)CCC(N)=O. The first-order chi connectivity index (χ1) is 21.7. The molecule has 46 heavy (non-hydrogen) atoms. The smallest absolute Gasteiger partial charge is 0.370 e. The van der Waals surface area contributed by atoms with Crippen LogP contribution in [0.25, 0.3) is 22.4 Å². The quantitative estimate of drug-likeness (QED) is 0.167. The minimum atomic E-state index is -4.54. The van der Waals surface area contributed by atoms with Gasteiger partial charge in [-0.15, -0.1) is 0 Å². The standard InChI is InChI=1S/C34H32BrCl2F3N4O2/c1-4-20-16-22(34(38,39)40)8-12-25(20)33(46)44(5-2)30-18-27(26-13-11-24(36)17-28(26)37)32(21-6-9-23(35)10-7-21)42-29(30)19-43(3)15-14-31(41)45/h6-13,16-18H,4-5,14-15,19H2,1-3H3,(H2,41,45). The molecule has 0 fully saturated rings. The third kappa shape index (κ3) is 8.28. The highest BCUT2D eigenvalue weighted by Crippen LogP contribution is 2.40. The topological polar surface area (TPSA) is 79.5 Å². The minimum Gasteiger partial charge on any atom is -0.370 e. The van der Waals surface area contributed by atoms with Crippen LogP contribution >= 0.6 is 39.1 Å². The van der Waals surface area contributed by atoms with Gasteiger partial charge in [-0.05, 0) is 74.5 Å². The van der Waals surface area contributed by atoms with Crippen molar-refractivity contribution in [1.82, 2.24) is 9.88 Å². The number of amides is 2. The zero-order chi connectivity index (χ0) is 33.8. The molecule has 0 spiro atoms. The number of primary amides is 1. The van der Waals surface area contributed by atoms with Crippen molar-refractivity contribution in [2.75, 3.05) is 25.0 Å². The molecule has 0 aliphatic heterocycles. The fourth-order valence-electron chi connectivity index (χ4n) is 5.11. The summed E-state index contributed by atoms with van der Waals surface area (Å²) in [6.45, 7) is 4.25. The average molecular weight is 736 g/mol. The normalized spacial score (nSPS) is 11.6. The van der Waals surface area contributed by atoms with Crippen LogP contribution in [0, 0.1) is 0 Å². The second-order valence-electron chi connectivity index (χ2n) is 10.7. The summed E-state index contributed by atoms with van der Waals surface area (Å²) in [5, 5.41) is 0.815. The van der Waals surface area contributed by atoms with Crippen molar-refractivity contribution in [3.05, 3.63) is 104 Å². The molecule has 3 aromatic carbocycles.